The second kappa shape index (κ2) is 8.19. The van der Waals surface area contributed by atoms with Crippen molar-refractivity contribution in [2.24, 2.45) is 0 Å². The number of carbonyl (C=O) groups is 1. The maximum atomic E-state index is 12.7. The number of methoxy groups -OCH3 is 1. The Bertz CT molecular complexity index is 923. The molecule has 0 unspecified atom stereocenters. The topological polar surface area (TPSA) is 75.7 Å². The molecule has 8 heteroatoms. The van der Waals surface area contributed by atoms with Crippen LogP contribution in [0.3, 0.4) is 0 Å². The van der Waals surface area contributed by atoms with Crippen LogP contribution in [-0.2, 0) is 10.0 Å². The number of nitrogens with one attached hydrogen (secondary N) is 1. The highest BCUT2D eigenvalue weighted by atomic mass is 35.5. The SMILES string of the molecule is COc1ccc(S(=O)(=O)Nc2ccc(Cl)c(C(=O)N3CCCCC3)c2)cc1. The lowest BCUT2D eigenvalue weighted by Gasteiger charge is -2.27. The Balaban J connectivity index is 1.83. The normalized spacial score (nSPS) is 14.7. The highest BCUT2D eigenvalue weighted by molar-refractivity contribution is 7.92. The fraction of sp³-hybridized carbons (Fsp3) is 0.316. The number of piperidine rings is 1. The molecule has 1 heterocycles. The molecule has 6 nitrogen and oxygen atoms in total. The molecule has 144 valence electrons. The van der Waals surface area contributed by atoms with E-state index in [1.54, 1.807) is 17.0 Å². The molecule has 0 radical (unpaired) electrons. The summed E-state index contributed by atoms with van der Waals surface area (Å²) in [4.78, 5) is 14.6. The van der Waals surface area contributed by atoms with Gasteiger partial charge in [-0.1, -0.05) is 11.6 Å². The minimum Gasteiger partial charge on any atom is -0.497 e. The van der Waals surface area contributed by atoms with Crippen molar-refractivity contribution in [3.8, 4) is 5.75 Å². The molecule has 0 atom stereocenters. The van der Waals surface area contributed by atoms with E-state index in [-0.39, 0.29) is 16.5 Å². The molecule has 27 heavy (non-hydrogen) atoms. The zero-order chi connectivity index (χ0) is 19.4. The average Bonchev–Trinajstić information content (AvgIpc) is 2.69. The van der Waals surface area contributed by atoms with Crippen LogP contribution in [0.2, 0.25) is 5.02 Å². The fourth-order valence-corrected chi connectivity index (χ4v) is 4.24. The van der Waals surface area contributed by atoms with Gasteiger partial charge in [0.05, 0.1) is 22.6 Å². The van der Waals surface area contributed by atoms with Crippen molar-refractivity contribution in [3.63, 3.8) is 0 Å². The third-order valence-electron chi connectivity index (χ3n) is 4.46. The molecule has 1 amide bonds. The van der Waals surface area contributed by atoms with Gasteiger partial charge >= 0.3 is 0 Å². The number of nitrogens with zero attached hydrogens (tertiary/aromatic N) is 1. The molecule has 0 spiro atoms. The number of likely N-dealkylation sites (tertiary alicyclic amines) is 1. The van der Waals surface area contributed by atoms with Gasteiger partial charge in [-0.25, -0.2) is 8.42 Å². The van der Waals surface area contributed by atoms with Crippen LogP contribution >= 0.6 is 11.6 Å². The van der Waals surface area contributed by atoms with Gasteiger partial charge in [-0.3, -0.25) is 9.52 Å². The number of carbonyl (C=O) groups excluding carboxylic acids is 1. The molecule has 0 bridgehead atoms. The zero-order valence-electron chi connectivity index (χ0n) is 14.9. The summed E-state index contributed by atoms with van der Waals surface area (Å²) in [5.41, 5.74) is 0.587. The third-order valence-corrected chi connectivity index (χ3v) is 6.19. The Morgan fingerprint density at radius 2 is 1.74 bits per heavy atom. The summed E-state index contributed by atoms with van der Waals surface area (Å²) < 4.78 is 32.7. The van der Waals surface area contributed by atoms with E-state index in [2.05, 4.69) is 4.72 Å². The summed E-state index contributed by atoms with van der Waals surface area (Å²) in [7, 11) is -2.28. The van der Waals surface area contributed by atoms with Crippen LogP contribution in [0.1, 0.15) is 29.6 Å². The Morgan fingerprint density at radius 3 is 2.37 bits per heavy atom. The van der Waals surface area contributed by atoms with Crippen LogP contribution in [0.5, 0.6) is 5.75 Å². The molecule has 0 saturated carbocycles. The molecule has 1 aliphatic heterocycles. The van der Waals surface area contributed by atoms with Crippen LogP contribution in [0, 0.1) is 0 Å². The summed E-state index contributed by atoms with van der Waals surface area (Å²) in [6, 6.07) is 10.6. The molecular weight excluding hydrogens is 388 g/mol. The molecule has 2 aromatic carbocycles. The van der Waals surface area contributed by atoms with E-state index in [4.69, 9.17) is 16.3 Å². The molecule has 1 aliphatic rings. The number of ether oxygens (including phenoxy) is 1. The molecular formula is C19H21ClN2O4S. The quantitative estimate of drug-likeness (QED) is 0.816. The standard InChI is InChI=1S/C19H21ClN2O4S/c1-26-15-6-8-16(9-7-15)27(24,25)21-14-5-10-18(20)17(13-14)19(23)22-11-3-2-4-12-22/h5-10,13,21H,2-4,11-12H2,1H3. The van der Waals surface area contributed by atoms with Gasteiger partial charge in [-0.2, -0.15) is 0 Å². The van der Waals surface area contributed by atoms with Gasteiger partial charge in [-0.05, 0) is 61.7 Å². The predicted octanol–water partition coefficient (Wildman–Crippen LogP) is 3.78. The highest BCUT2D eigenvalue weighted by Gasteiger charge is 2.22. The lowest BCUT2D eigenvalue weighted by Crippen LogP contribution is -2.35. The third kappa shape index (κ3) is 4.54. The van der Waals surface area contributed by atoms with Crippen LogP contribution in [0.4, 0.5) is 5.69 Å². The minimum absolute atomic E-state index is 0.0992. The number of anilines is 1. The first-order valence-corrected chi connectivity index (χ1v) is 10.5. The van der Waals surface area contributed by atoms with Crippen molar-refractivity contribution in [3.05, 3.63) is 53.1 Å². The number of halogens is 1. The van der Waals surface area contributed by atoms with Crippen molar-refractivity contribution < 1.29 is 17.9 Å². The largest absolute Gasteiger partial charge is 0.497 e. The number of benzene rings is 2. The number of hydrogen-bond acceptors (Lipinski definition) is 4. The summed E-state index contributed by atoms with van der Waals surface area (Å²) in [5, 5.41) is 0.304. The zero-order valence-corrected chi connectivity index (χ0v) is 16.5. The summed E-state index contributed by atoms with van der Waals surface area (Å²) in [5.74, 6) is 0.389. The Kier molecular flexibility index (Phi) is 5.92. The number of amides is 1. The second-order valence-electron chi connectivity index (χ2n) is 6.33. The summed E-state index contributed by atoms with van der Waals surface area (Å²) in [6.45, 7) is 1.38. The van der Waals surface area contributed by atoms with Crippen LogP contribution < -0.4 is 9.46 Å². The van der Waals surface area contributed by atoms with Gasteiger partial charge in [-0.15, -0.1) is 0 Å². The number of hydrogen-bond donors (Lipinski definition) is 1. The summed E-state index contributed by atoms with van der Waals surface area (Å²) in [6.07, 6.45) is 3.04. The van der Waals surface area contributed by atoms with Gasteiger partial charge in [0.25, 0.3) is 15.9 Å². The molecule has 1 saturated heterocycles. The van der Waals surface area contributed by atoms with E-state index in [1.165, 1.54) is 37.4 Å². The van der Waals surface area contributed by atoms with Gasteiger partial charge < -0.3 is 9.64 Å². The Hall–Kier alpha value is -2.25. The molecule has 0 aromatic heterocycles. The Morgan fingerprint density at radius 1 is 1.07 bits per heavy atom. The van der Waals surface area contributed by atoms with E-state index in [0.29, 0.717) is 29.4 Å². The average molecular weight is 409 g/mol. The maximum absolute atomic E-state index is 12.7. The number of sulfonamides is 1. The molecule has 1 fully saturated rings. The molecule has 0 aliphatic carbocycles. The molecule has 2 aromatic rings. The first kappa shape index (κ1) is 19.5. The predicted molar refractivity (Wildman–Crippen MR) is 105 cm³/mol. The maximum Gasteiger partial charge on any atom is 0.261 e. The lowest BCUT2D eigenvalue weighted by atomic mass is 10.1. The van der Waals surface area contributed by atoms with Crippen molar-refractivity contribution in [2.75, 3.05) is 24.9 Å². The fourth-order valence-electron chi connectivity index (χ4n) is 2.99. The van der Waals surface area contributed by atoms with E-state index in [9.17, 15) is 13.2 Å². The van der Waals surface area contributed by atoms with Crippen molar-refractivity contribution >= 4 is 33.2 Å². The first-order valence-electron chi connectivity index (χ1n) is 8.66. The van der Waals surface area contributed by atoms with E-state index >= 15 is 0 Å². The van der Waals surface area contributed by atoms with Crippen LogP contribution in [-0.4, -0.2) is 39.4 Å². The van der Waals surface area contributed by atoms with Crippen LogP contribution in [0.25, 0.3) is 0 Å². The first-order chi connectivity index (χ1) is 12.9. The van der Waals surface area contributed by atoms with Crippen LogP contribution in [0.15, 0.2) is 47.4 Å². The van der Waals surface area contributed by atoms with Gasteiger partial charge in [0.2, 0.25) is 0 Å². The Labute approximate surface area is 164 Å². The monoisotopic (exact) mass is 408 g/mol. The summed E-state index contributed by atoms with van der Waals surface area (Å²) >= 11 is 6.19. The van der Waals surface area contributed by atoms with E-state index < -0.39 is 10.0 Å². The molecule has 1 N–H and O–H groups in total. The van der Waals surface area contributed by atoms with E-state index in [0.717, 1.165) is 19.3 Å². The van der Waals surface area contributed by atoms with Gasteiger partial charge in [0.15, 0.2) is 0 Å². The van der Waals surface area contributed by atoms with Gasteiger partial charge in [0.1, 0.15) is 5.75 Å². The molecule has 3 rings (SSSR count). The van der Waals surface area contributed by atoms with E-state index in [1.807, 2.05) is 0 Å². The lowest BCUT2D eigenvalue weighted by molar-refractivity contribution is 0.0724. The smallest absolute Gasteiger partial charge is 0.261 e. The van der Waals surface area contributed by atoms with Gasteiger partial charge in [0, 0.05) is 18.8 Å². The highest BCUT2D eigenvalue weighted by Crippen LogP contribution is 2.26. The second-order valence-corrected chi connectivity index (χ2v) is 8.42. The van der Waals surface area contributed by atoms with Crippen molar-refractivity contribution in [2.45, 2.75) is 24.2 Å². The van der Waals surface area contributed by atoms with Crippen molar-refractivity contribution in [1.82, 2.24) is 4.90 Å². The minimum atomic E-state index is -3.79. The van der Waals surface area contributed by atoms with Crippen molar-refractivity contribution in [1.29, 1.82) is 0 Å². The number of rotatable bonds is 5.